The van der Waals surface area contributed by atoms with Crippen LogP contribution in [0.25, 0.3) is 0 Å². The predicted octanol–water partition coefficient (Wildman–Crippen LogP) is 3.00. The van der Waals surface area contributed by atoms with Gasteiger partial charge >= 0.3 is 12.0 Å². The van der Waals surface area contributed by atoms with Crippen molar-refractivity contribution >= 4 is 17.9 Å². The standard InChI is InChI=1S/C29H36N4O6/c1-5-39-27(35)25-24(30-28(36)31-26(25)20-6-10-22(37-3)11-7-20)18-33-16-14-29(15-17-33,32-19(2)34)21-8-12-23(38-4)13-9-21/h6-13,26H,5,14-18H2,1-4H3,(H,32,34)(H2,30,31,36). The molecule has 1 unspecified atom stereocenters. The second kappa shape index (κ2) is 12.2. The van der Waals surface area contributed by atoms with E-state index < -0.39 is 17.6 Å². The highest BCUT2D eigenvalue weighted by atomic mass is 16.5. The average Bonchev–Trinajstić information content (AvgIpc) is 2.93. The van der Waals surface area contributed by atoms with E-state index in [1.54, 1.807) is 33.3 Å². The van der Waals surface area contributed by atoms with Gasteiger partial charge in [0.15, 0.2) is 0 Å². The van der Waals surface area contributed by atoms with Gasteiger partial charge in [-0.1, -0.05) is 24.3 Å². The summed E-state index contributed by atoms with van der Waals surface area (Å²) >= 11 is 0. The number of likely N-dealkylation sites (tertiary alicyclic amines) is 1. The van der Waals surface area contributed by atoms with Crippen molar-refractivity contribution in [3.63, 3.8) is 0 Å². The van der Waals surface area contributed by atoms with Gasteiger partial charge in [-0.05, 0) is 55.2 Å². The van der Waals surface area contributed by atoms with Gasteiger partial charge in [-0.25, -0.2) is 9.59 Å². The van der Waals surface area contributed by atoms with Gasteiger partial charge in [-0.3, -0.25) is 9.69 Å². The molecule has 208 valence electrons. The Morgan fingerprint density at radius 3 is 2.13 bits per heavy atom. The van der Waals surface area contributed by atoms with Crippen molar-refractivity contribution in [3.05, 3.63) is 70.9 Å². The van der Waals surface area contributed by atoms with Gasteiger partial charge in [0.25, 0.3) is 0 Å². The number of methoxy groups -OCH3 is 2. The monoisotopic (exact) mass is 536 g/mol. The van der Waals surface area contributed by atoms with Gasteiger partial charge in [-0.15, -0.1) is 0 Å². The minimum atomic E-state index is -0.665. The summed E-state index contributed by atoms with van der Waals surface area (Å²) < 4.78 is 15.9. The van der Waals surface area contributed by atoms with Crippen LogP contribution in [0.2, 0.25) is 0 Å². The fourth-order valence-corrected chi connectivity index (χ4v) is 5.29. The van der Waals surface area contributed by atoms with Crippen LogP contribution in [0.3, 0.4) is 0 Å². The summed E-state index contributed by atoms with van der Waals surface area (Å²) in [5.74, 6) is 0.845. The van der Waals surface area contributed by atoms with Crippen molar-refractivity contribution < 1.29 is 28.6 Å². The zero-order valence-corrected chi connectivity index (χ0v) is 22.8. The molecule has 2 aromatic rings. The van der Waals surface area contributed by atoms with Crippen molar-refractivity contribution in [2.24, 2.45) is 0 Å². The molecule has 10 nitrogen and oxygen atoms in total. The Morgan fingerprint density at radius 1 is 1.00 bits per heavy atom. The summed E-state index contributed by atoms with van der Waals surface area (Å²) in [4.78, 5) is 40.2. The lowest BCUT2D eigenvalue weighted by Crippen LogP contribution is -2.54. The van der Waals surface area contributed by atoms with E-state index in [4.69, 9.17) is 14.2 Å². The van der Waals surface area contributed by atoms with Crippen LogP contribution in [0.4, 0.5) is 4.79 Å². The van der Waals surface area contributed by atoms with Crippen LogP contribution in [0.1, 0.15) is 43.9 Å². The van der Waals surface area contributed by atoms with Gasteiger partial charge in [0, 0.05) is 32.3 Å². The largest absolute Gasteiger partial charge is 0.497 e. The second-order valence-corrected chi connectivity index (χ2v) is 9.69. The fraction of sp³-hybridized carbons (Fsp3) is 0.414. The molecule has 0 bridgehead atoms. The van der Waals surface area contributed by atoms with E-state index in [0.717, 1.165) is 16.9 Å². The maximum Gasteiger partial charge on any atom is 0.338 e. The normalized spacial score (nSPS) is 19.0. The Labute approximate surface area is 228 Å². The van der Waals surface area contributed by atoms with Crippen molar-refractivity contribution in [3.8, 4) is 11.5 Å². The molecule has 2 heterocycles. The van der Waals surface area contributed by atoms with E-state index >= 15 is 0 Å². The molecule has 10 heteroatoms. The number of hydrogen-bond donors (Lipinski definition) is 3. The van der Waals surface area contributed by atoms with E-state index in [9.17, 15) is 14.4 Å². The number of amides is 3. The number of ether oxygens (including phenoxy) is 3. The lowest BCUT2D eigenvalue weighted by Gasteiger charge is -2.43. The van der Waals surface area contributed by atoms with Crippen LogP contribution < -0.4 is 25.4 Å². The van der Waals surface area contributed by atoms with Gasteiger partial charge in [0.2, 0.25) is 5.91 Å². The molecule has 1 fully saturated rings. The topological polar surface area (TPSA) is 118 Å². The maximum atomic E-state index is 13.2. The molecule has 39 heavy (non-hydrogen) atoms. The third-order valence-electron chi connectivity index (χ3n) is 7.25. The molecule has 1 atom stereocenters. The SMILES string of the molecule is CCOC(=O)C1=C(CN2CCC(NC(C)=O)(c3ccc(OC)cc3)CC2)NC(=O)NC1c1ccc(OC)cc1. The zero-order valence-electron chi connectivity index (χ0n) is 22.8. The number of nitrogens with zero attached hydrogens (tertiary/aromatic N) is 1. The quantitative estimate of drug-likeness (QED) is 0.422. The summed E-state index contributed by atoms with van der Waals surface area (Å²) in [6, 6.07) is 13.9. The van der Waals surface area contributed by atoms with Gasteiger partial charge in [0.1, 0.15) is 11.5 Å². The molecule has 2 aliphatic heterocycles. The molecule has 2 aliphatic rings. The van der Waals surface area contributed by atoms with Crippen LogP contribution in [0.15, 0.2) is 59.8 Å². The molecule has 4 rings (SSSR count). The summed E-state index contributed by atoms with van der Waals surface area (Å²) in [7, 11) is 3.20. The van der Waals surface area contributed by atoms with Crippen LogP contribution in [0.5, 0.6) is 11.5 Å². The highest BCUT2D eigenvalue weighted by molar-refractivity contribution is 5.95. The van der Waals surface area contributed by atoms with E-state index in [0.29, 0.717) is 49.5 Å². The van der Waals surface area contributed by atoms with Crippen LogP contribution >= 0.6 is 0 Å². The first-order chi connectivity index (χ1) is 18.8. The van der Waals surface area contributed by atoms with E-state index in [-0.39, 0.29) is 18.5 Å². The van der Waals surface area contributed by atoms with Gasteiger partial charge in [-0.2, -0.15) is 0 Å². The first-order valence-electron chi connectivity index (χ1n) is 13.1. The first-order valence-corrected chi connectivity index (χ1v) is 13.1. The van der Waals surface area contributed by atoms with Crippen molar-refractivity contribution in [1.82, 2.24) is 20.9 Å². The highest BCUT2D eigenvalue weighted by Gasteiger charge is 2.39. The Hall–Kier alpha value is -4.05. The number of benzene rings is 2. The molecule has 0 radical (unpaired) electrons. The predicted molar refractivity (Wildman–Crippen MR) is 145 cm³/mol. The Morgan fingerprint density at radius 2 is 1.59 bits per heavy atom. The molecular weight excluding hydrogens is 500 g/mol. The number of carbonyl (C=O) groups is 3. The number of esters is 1. The number of hydrogen-bond acceptors (Lipinski definition) is 7. The minimum absolute atomic E-state index is 0.0977. The summed E-state index contributed by atoms with van der Waals surface area (Å²) in [6.07, 6.45) is 1.32. The van der Waals surface area contributed by atoms with Gasteiger partial charge in [0.05, 0.1) is 38.0 Å². The first kappa shape index (κ1) is 28.0. The van der Waals surface area contributed by atoms with Crippen molar-refractivity contribution in [1.29, 1.82) is 0 Å². The van der Waals surface area contributed by atoms with E-state index in [1.807, 2.05) is 36.4 Å². The second-order valence-electron chi connectivity index (χ2n) is 9.69. The molecule has 0 spiro atoms. The molecule has 3 amide bonds. The molecule has 2 aromatic carbocycles. The number of nitrogens with one attached hydrogen (secondary N) is 3. The average molecular weight is 537 g/mol. The Balaban J connectivity index is 1.59. The zero-order chi connectivity index (χ0) is 28.0. The number of urea groups is 1. The molecule has 0 aromatic heterocycles. The summed E-state index contributed by atoms with van der Waals surface area (Å²) in [6.45, 7) is 5.13. The maximum absolute atomic E-state index is 13.2. The van der Waals surface area contributed by atoms with E-state index in [2.05, 4.69) is 20.9 Å². The van der Waals surface area contributed by atoms with Gasteiger partial charge < -0.3 is 30.2 Å². The Bertz CT molecular complexity index is 1220. The highest BCUT2D eigenvalue weighted by Crippen LogP contribution is 2.35. The van der Waals surface area contributed by atoms with Crippen molar-refractivity contribution in [2.75, 3.05) is 40.5 Å². The molecule has 3 N–H and O–H groups in total. The van der Waals surface area contributed by atoms with Crippen LogP contribution in [-0.4, -0.2) is 63.3 Å². The molecule has 0 saturated carbocycles. The molecule has 0 aliphatic carbocycles. The van der Waals surface area contributed by atoms with Crippen LogP contribution in [0, 0.1) is 0 Å². The number of rotatable bonds is 9. The lowest BCUT2D eigenvalue weighted by atomic mass is 9.80. The summed E-state index contributed by atoms with van der Waals surface area (Å²) in [5.41, 5.74) is 2.12. The number of piperidine rings is 1. The summed E-state index contributed by atoms with van der Waals surface area (Å²) in [5, 5.41) is 8.90. The van der Waals surface area contributed by atoms with E-state index in [1.165, 1.54) is 6.92 Å². The Kier molecular flexibility index (Phi) is 8.75. The minimum Gasteiger partial charge on any atom is -0.497 e. The van der Waals surface area contributed by atoms with Crippen molar-refractivity contribution in [2.45, 2.75) is 38.3 Å². The smallest absolute Gasteiger partial charge is 0.338 e. The number of carbonyl (C=O) groups excluding carboxylic acids is 3. The third kappa shape index (κ3) is 6.34. The fourth-order valence-electron chi connectivity index (χ4n) is 5.29. The molecule has 1 saturated heterocycles. The lowest BCUT2D eigenvalue weighted by molar-refractivity contribution is -0.139. The molecular formula is C29H36N4O6. The van der Waals surface area contributed by atoms with Crippen LogP contribution in [-0.2, 0) is 19.9 Å². The third-order valence-corrected chi connectivity index (χ3v) is 7.25.